The highest BCUT2D eigenvalue weighted by molar-refractivity contribution is 8.12. The minimum Gasteiger partial charge on any atom is -0.545 e. The van der Waals surface area contributed by atoms with Crippen molar-refractivity contribution in [1.82, 2.24) is 0 Å². The fourth-order valence-corrected chi connectivity index (χ4v) is 13.4. The zero-order valence-corrected chi connectivity index (χ0v) is 79.7. The van der Waals surface area contributed by atoms with Gasteiger partial charge in [-0.2, -0.15) is 0 Å². The molecule has 0 saturated carbocycles. The van der Waals surface area contributed by atoms with Gasteiger partial charge in [-0.3, -0.25) is 38.4 Å². The summed E-state index contributed by atoms with van der Waals surface area (Å²) < 4.78 is 63.4. The van der Waals surface area contributed by atoms with Gasteiger partial charge in [-0.25, -0.2) is 0 Å². The third kappa shape index (κ3) is 50.9. The number of thioether (sulfide) groups is 1. The molecule has 0 fully saturated rings. The van der Waals surface area contributed by atoms with Gasteiger partial charge in [0.2, 0.25) is 0 Å². The maximum absolute atomic E-state index is 11.8. The van der Waals surface area contributed by atoms with Crippen LogP contribution < -0.4 is 10.2 Å². The summed E-state index contributed by atoms with van der Waals surface area (Å²) in [5.41, 5.74) is -0.450. The Bertz CT molecular complexity index is 2830. The minimum atomic E-state index is -2.53. The number of benzene rings is 2. The zero-order chi connectivity index (χ0) is 90.0. The lowest BCUT2D eigenvalue weighted by Gasteiger charge is -2.24. The molecule has 27 heteroatoms. The molecule has 0 N–H and O–H groups in total. The van der Waals surface area contributed by atoms with Gasteiger partial charge in [0.1, 0.15) is 5.78 Å². The van der Waals surface area contributed by atoms with Crippen molar-refractivity contribution in [3.63, 3.8) is 0 Å². The number of ether oxygens (including phenoxy) is 6. The number of unbranched alkanes of at least 4 members (excludes halogenated alkanes) is 2. The predicted molar refractivity (Wildman–Crippen MR) is 459 cm³/mol. The summed E-state index contributed by atoms with van der Waals surface area (Å²) in [5, 5.41) is 21.3. The van der Waals surface area contributed by atoms with Crippen molar-refractivity contribution in [2.24, 2.45) is 44.3 Å². The predicted octanol–water partition coefficient (Wildman–Crippen LogP) is 17.7. The van der Waals surface area contributed by atoms with E-state index in [2.05, 4.69) is 27.7 Å². The second-order valence-electron chi connectivity index (χ2n) is 32.7. The molecule has 24 nitrogen and oxygen atoms in total. The second-order valence-corrected chi connectivity index (χ2v) is 39.9. The summed E-state index contributed by atoms with van der Waals surface area (Å²) in [6.07, 6.45) is 18.1. The van der Waals surface area contributed by atoms with E-state index in [1.165, 1.54) is 74.6 Å². The summed E-state index contributed by atoms with van der Waals surface area (Å²) in [4.78, 5) is 115. The van der Waals surface area contributed by atoms with Gasteiger partial charge in [0.05, 0.1) is 84.1 Å². The monoisotopic (exact) mass is 1700 g/mol. The van der Waals surface area contributed by atoms with E-state index in [1.54, 1.807) is 66.9 Å². The normalized spacial score (nSPS) is 12.2. The Morgan fingerprint density at radius 1 is 0.353 bits per heavy atom. The van der Waals surface area contributed by atoms with Crippen LogP contribution in [0.4, 0.5) is 0 Å². The summed E-state index contributed by atoms with van der Waals surface area (Å²) in [7, 11) is 4.38. The van der Waals surface area contributed by atoms with Crippen LogP contribution in [0, 0.1) is 44.3 Å². The molecule has 0 aliphatic carbocycles. The summed E-state index contributed by atoms with van der Waals surface area (Å²) in [6, 6.07) is 13.9. The van der Waals surface area contributed by atoms with Crippen molar-refractivity contribution in [2.75, 3.05) is 82.3 Å². The number of aryl methyl sites for hydroxylation is 1. The molecule has 2 rings (SSSR count). The van der Waals surface area contributed by atoms with Crippen LogP contribution in [0.5, 0.6) is 0 Å². The first-order chi connectivity index (χ1) is 54.2. The van der Waals surface area contributed by atoms with Gasteiger partial charge >= 0.3 is 53.4 Å². The molecule has 2 aromatic carbocycles. The molecular weight excluding hydrogens is 1540 g/mol. The van der Waals surface area contributed by atoms with Gasteiger partial charge in [-0.05, 0) is 201 Å². The van der Waals surface area contributed by atoms with E-state index in [0.29, 0.717) is 120 Å². The number of carbonyl (C=O) groups excluding carboxylic acids is 10. The van der Waals surface area contributed by atoms with Crippen LogP contribution in [-0.4, -0.2) is 159 Å². The first-order valence-corrected chi connectivity index (χ1v) is 46.7. The highest BCUT2D eigenvalue weighted by Gasteiger charge is 2.39. The van der Waals surface area contributed by atoms with Gasteiger partial charge in [0.15, 0.2) is 5.12 Å². The number of hydrogen-bond acceptors (Lipinski definition) is 25. The van der Waals surface area contributed by atoms with Crippen LogP contribution >= 0.6 is 11.8 Å². The molecule has 2 atom stereocenters. The van der Waals surface area contributed by atoms with Gasteiger partial charge in [-0.1, -0.05) is 168 Å². The van der Waals surface area contributed by atoms with Crippen LogP contribution in [-0.2, 0) is 106 Å². The van der Waals surface area contributed by atoms with Crippen molar-refractivity contribution in [3.05, 3.63) is 70.8 Å². The number of ketones is 1. The van der Waals surface area contributed by atoms with E-state index >= 15 is 0 Å². The maximum Gasteiger partial charge on any atom is 0.500 e. The first-order valence-electron chi connectivity index (χ1n) is 41.8. The third-order valence-corrected chi connectivity index (χ3v) is 27.9. The number of esters is 6. The van der Waals surface area contributed by atoms with Crippen molar-refractivity contribution in [3.8, 4) is 0 Å². The van der Waals surface area contributed by atoms with Crippen LogP contribution in [0.15, 0.2) is 48.5 Å². The Morgan fingerprint density at radius 2 is 0.621 bits per heavy atom. The second kappa shape index (κ2) is 63.1. The number of rotatable bonds is 53. The van der Waals surface area contributed by atoms with Gasteiger partial charge in [0, 0.05) is 79.8 Å². The lowest BCUT2D eigenvalue weighted by atomic mass is 9.90. The van der Waals surface area contributed by atoms with Gasteiger partial charge in [-0.15, -0.1) is 0 Å². The summed E-state index contributed by atoms with van der Waals surface area (Å²) in [6.45, 7) is 45.7. The van der Waals surface area contributed by atoms with Crippen LogP contribution in [0.2, 0.25) is 12.1 Å². The number of carboxylic acid groups (broad SMARTS) is 2. The van der Waals surface area contributed by atoms with E-state index in [9.17, 15) is 58.2 Å². The Kier molecular flexibility index (Phi) is 63.3. The van der Waals surface area contributed by atoms with Crippen LogP contribution in [0.3, 0.4) is 0 Å². The van der Waals surface area contributed by atoms with Crippen molar-refractivity contribution >= 4 is 88.0 Å². The Balaban J connectivity index is -0.000000654. The Hall–Kier alpha value is -5.92. The quantitative estimate of drug-likeness (QED) is 0.0257. The molecule has 0 bridgehead atoms. The van der Waals surface area contributed by atoms with E-state index in [-0.39, 0.29) is 81.9 Å². The Labute approximate surface area is 706 Å². The van der Waals surface area contributed by atoms with E-state index < -0.39 is 51.2 Å². The number of aromatic carboxylic acids is 2. The number of Topliss-reactive ketones (excluding diaryl/α,β-unsaturated/α-hetero) is 1. The standard InChI is InChI=1S/C19H26O5.C18H24O5S.2C14H28O2.2C12H26O5Si/c1-4-19(2,3)18(23)24-13-5-6-16(20)12-9-14-7-10-15(11-8-14)17(21)22;1-4-18(2,3)17(22)23-11-5-6-15(19)24-12-13-7-9-14(10-8-13)16(20)21;2*1-6-9-10-12(7-2)11-16-13(15)14(4,5)8-3;2*1-7-12(2,3)11(13)17-9-8-10-18(14-4,15-5)16-6/h7-8,10-11H,4-6,9,12-13H2,1-3H3,(H,21,22);7-10H,4-6,11-12H2,1-3H3,(H,20,21);2*12H,6-11H2,1-5H3;2*7-10H2,1-6H3/p-2. The largest absolute Gasteiger partial charge is 0.545 e. The first kappa shape index (κ1) is 116. The molecule has 672 valence electrons. The number of carboxylic acids is 2. The van der Waals surface area contributed by atoms with Crippen LogP contribution in [0.25, 0.3) is 0 Å². The average molecular weight is 1700 g/mol. The fourth-order valence-electron chi connectivity index (χ4n) is 9.25. The highest BCUT2D eigenvalue weighted by atomic mass is 32.2. The van der Waals surface area contributed by atoms with Crippen molar-refractivity contribution in [1.29, 1.82) is 0 Å². The molecule has 116 heavy (non-hydrogen) atoms. The molecule has 0 amide bonds. The lowest BCUT2D eigenvalue weighted by molar-refractivity contribution is -0.256. The smallest absolute Gasteiger partial charge is 0.500 e. The van der Waals surface area contributed by atoms with Crippen molar-refractivity contribution < 1.29 is 113 Å². The zero-order valence-electron chi connectivity index (χ0n) is 76.9. The molecule has 0 heterocycles. The minimum absolute atomic E-state index is 0.0183. The molecule has 0 saturated heterocycles. The molecule has 0 aliphatic heterocycles. The maximum atomic E-state index is 11.8. The van der Waals surface area contributed by atoms with Gasteiger partial charge in [0.25, 0.3) is 0 Å². The highest BCUT2D eigenvalue weighted by Crippen LogP contribution is 2.29. The third-order valence-electron chi connectivity index (χ3n) is 21.3. The number of hydrogen-bond donors (Lipinski definition) is 0. The molecule has 0 aromatic heterocycles. The molecule has 0 radical (unpaired) electrons. The van der Waals surface area contributed by atoms with Gasteiger partial charge < -0.3 is 74.8 Å². The lowest BCUT2D eigenvalue weighted by Crippen LogP contribution is -2.42. The Morgan fingerprint density at radius 3 is 0.879 bits per heavy atom. The average Bonchev–Trinajstić information content (AvgIpc) is 0.917. The molecule has 2 aromatic rings. The molecule has 0 spiro atoms. The van der Waals surface area contributed by atoms with Crippen molar-refractivity contribution in [2.45, 2.75) is 311 Å². The van der Waals surface area contributed by atoms with Crippen LogP contribution in [0.1, 0.15) is 319 Å². The summed E-state index contributed by atoms with van der Waals surface area (Å²) in [5.74, 6) is -1.66. The molecule has 2 unspecified atom stereocenters. The SMILES string of the molecule is CCC(C)(C)C(=O)OCCCC(=O)CCc1ccc(C(=O)[O-])cc1.CCC(C)(C)C(=O)OCCCC(=O)SCc1ccc(C(=O)[O-])cc1.CCC(C)(C)C(=O)OCCC[Si](OC)(OC)OC.CCC(C)(C)C(=O)OCCC[Si](OC)(OC)OC.CCCCC(CC)COC(=O)C(C)(C)CC.CCCCC(CC)COC(=O)C(C)(C)CC. The topological polar surface area (TPSA) is 328 Å². The molecular formula is C89H156O24SSi2-2. The van der Waals surface area contributed by atoms with E-state index in [4.69, 9.17) is 55.0 Å². The summed E-state index contributed by atoms with van der Waals surface area (Å²) >= 11 is 1.17. The number of carbonyl (C=O) groups is 10. The van der Waals surface area contributed by atoms with E-state index in [0.717, 1.165) is 49.7 Å². The fraction of sp³-hybridized carbons (Fsp3) is 0.753. The van der Waals surface area contributed by atoms with E-state index in [1.807, 2.05) is 125 Å². The molecule has 0 aliphatic rings.